The Bertz CT molecular complexity index is 694. The van der Waals surface area contributed by atoms with E-state index in [9.17, 15) is 8.42 Å². The number of nitrogens with zero attached hydrogens (tertiary/aromatic N) is 1. The molecule has 6 nitrogen and oxygen atoms in total. The molecular formula is C14H17N3O3S. The van der Waals surface area contributed by atoms with Crippen LogP contribution in [0.1, 0.15) is 24.2 Å². The van der Waals surface area contributed by atoms with Crippen LogP contribution in [0.3, 0.4) is 0 Å². The van der Waals surface area contributed by atoms with E-state index in [-0.39, 0.29) is 6.54 Å². The van der Waals surface area contributed by atoms with Crippen molar-refractivity contribution in [2.75, 3.05) is 0 Å². The Morgan fingerprint density at radius 3 is 2.71 bits per heavy atom. The van der Waals surface area contributed by atoms with Gasteiger partial charge in [0.25, 0.3) is 0 Å². The van der Waals surface area contributed by atoms with Gasteiger partial charge in [0.05, 0.1) is 17.6 Å². The van der Waals surface area contributed by atoms with Crippen LogP contribution in [0.4, 0.5) is 0 Å². The maximum absolute atomic E-state index is 12.4. The number of sulfonamides is 1. The van der Waals surface area contributed by atoms with Crippen LogP contribution < -0.4 is 10.0 Å². The highest BCUT2D eigenvalue weighted by atomic mass is 32.2. The van der Waals surface area contributed by atoms with Gasteiger partial charge in [0.15, 0.2) is 5.76 Å². The van der Waals surface area contributed by atoms with E-state index in [0.717, 1.165) is 5.56 Å². The predicted molar refractivity (Wildman–Crippen MR) is 76.8 cm³/mol. The van der Waals surface area contributed by atoms with Gasteiger partial charge in [-0.1, -0.05) is 23.4 Å². The van der Waals surface area contributed by atoms with Gasteiger partial charge in [-0.3, -0.25) is 0 Å². The van der Waals surface area contributed by atoms with Gasteiger partial charge < -0.3 is 9.84 Å². The van der Waals surface area contributed by atoms with Crippen LogP contribution in [0.25, 0.3) is 0 Å². The molecule has 1 aromatic carbocycles. The first kappa shape index (κ1) is 14.2. The molecule has 1 heterocycles. The molecule has 1 aliphatic rings. The fourth-order valence-electron chi connectivity index (χ4n) is 2.03. The summed E-state index contributed by atoms with van der Waals surface area (Å²) in [6.07, 6.45) is 3.81. The third-order valence-corrected chi connectivity index (χ3v) is 4.85. The maximum atomic E-state index is 12.4. The number of benzene rings is 1. The third kappa shape index (κ3) is 3.69. The zero-order valence-electron chi connectivity index (χ0n) is 11.5. The van der Waals surface area contributed by atoms with Crippen molar-refractivity contribution in [1.29, 1.82) is 0 Å². The quantitative estimate of drug-likeness (QED) is 0.808. The Hall–Kier alpha value is -1.70. The van der Waals surface area contributed by atoms with Crippen LogP contribution >= 0.6 is 0 Å². The molecule has 0 radical (unpaired) electrons. The minimum absolute atomic E-state index is 0.0900. The zero-order chi connectivity index (χ0) is 14.7. The molecule has 7 heteroatoms. The molecule has 21 heavy (non-hydrogen) atoms. The van der Waals surface area contributed by atoms with Gasteiger partial charge in [-0.15, -0.1) is 0 Å². The number of hydrogen-bond donors (Lipinski definition) is 2. The molecule has 0 saturated heterocycles. The number of rotatable bonds is 7. The number of nitrogens with one attached hydrogen (secondary N) is 2. The molecular weight excluding hydrogens is 290 g/mol. The fraction of sp³-hybridized carbons (Fsp3) is 0.357. The summed E-state index contributed by atoms with van der Waals surface area (Å²) in [4.78, 5) is 0.303. The first-order valence-electron chi connectivity index (χ1n) is 6.86. The van der Waals surface area contributed by atoms with E-state index in [1.807, 2.05) is 12.1 Å². The smallest absolute Gasteiger partial charge is 0.241 e. The second kappa shape index (κ2) is 5.97. The van der Waals surface area contributed by atoms with Crippen molar-refractivity contribution >= 4 is 10.0 Å². The summed E-state index contributed by atoms with van der Waals surface area (Å²) in [6, 6.07) is 9.18. The summed E-state index contributed by atoms with van der Waals surface area (Å²) in [7, 11) is -3.57. The van der Waals surface area contributed by atoms with Crippen molar-refractivity contribution < 1.29 is 12.9 Å². The standard InChI is InChI=1S/C14H17N3O3S/c18-21(19,17-10-13-7-8-16-20-13)14-4-2-1-3-11(14)9-15-12-5-6-12/h1-4,7-8,12,15,17H,5-6,9-10H2. The second-order valence-electron chi connectivity index (χ2n) is 5.07. The predicted octanol–water partition coefficient (Wildman–Crippen LogP) is 1.41. The van der Waals surface area contributed by atoms with Crippen molar-refractivity contribution in [3.63, 3.8) is 0 Å². The van der Waals surface area contributed by atoms with E-state index in [0.29, 0.717) is 23.2 Å². The van der Waals surface area contributed by atoms with Crippen molar-refractivity contribution in [2.24, 2.45) is 0 Å². The molecule has 0 unspecified atom stereocenters. The van der Waals surface area contributed by atoms with Gasteiger partial charge in [-0.25, -0.2) is 13.1 Å². The van der Waals surface area contributed by atoms with E-state index in [1.165, 1.54) is 19.0 Å². The Kier molecular flexibility index (Phi) is 4.05. The molecule has 1 saturated carbocycles. The maximum Gasteiger partial charge on any atom is 0.241 e. The summed E-state index contributed by atoms with van der Waals surface area (Å²) in [5.41, 5.74) is 0.773. The van der Waals surface area contributed by atoms with Crippen molar-refractivity contribution in [2.45, 2.75) is 36.9 Å². The van der Waals surface area contributed by atoms with E-state index in [4.69, 9.17) is 4.52 Å². The van der Waals surface area contributed by atoms with Crippen molar-refractivity contribution in [1.82, 2.24) is 15.2 Å². The largest absolute Gasteiger partial charge is 0.360 e. The van der Waals surface area contributed by atoms with Crippen molar-refractivity contribution in [3.05, 3.63) is 47.9 Å². The fourth-order valence-corrected chi connectivity index (χ4v) is 3.26. The van der Waals surface area contributed by atoms with E-state index >= 15 is 0 Å². The monoisotopic (exact) mass is 307 g/mol. The normalized spacial score (nSPS) is 15.2. The molecule has 2 N–H and O–H groups in total. The molecule has 0 amide bonds. The van der Waals surface area contributed by atoms with Crippen molar-refractivity contribution in [3.8, 4) is 0 Å². The average molecular weight is 307 g/mol. The molecule has 0 bridgehead atoms. The lowest BCUT2D eigenvalue weighted by molar-refractivity contribution is 0.380. The zero-order valence-corrected chi connectivity index (χ0v) is 12.3. The summed E-state index contributed by atoms with van der Waals surface area (Å²) in [5.74, 6) is 0.479. The Morgan fingerprint density at radius 2 is 2.00 bits per heavy atom. The van der Waals surface area contributed by atoms with E-state index in [1.54, 1.807) is 18.2 Å². The molecule has 2 aromatic rings. The first-order chi connectivity index (χ1) is 10.1. The minimum Gasteiger partial charge on any atom is -0.360 e. The van der Waals surface area contributed by atoms with Gasteiger partial charge in [0, 0.05) is 18.7 Å². The highest BCUT2D eigenvalue weighted by molar-refractivity contribution is 7.89. The molecule has 1 fully saturated rings. The van der Waals surface area contributed by atoms with Crippen LogP contribution in [0.15, 0.2) is 45.9 Å². The molecule has 1 aliphatic carbocycles. The lowest BCUT2D eigenvalue weighted by Crippen LogP contribution is -2.25. The second-order valence-corrected chi connectivity index (χ2v) is 6.80. The number of hydrogen-bond acceptors (Lipinski definition) is 5. The van der Waals surface area contributed by atoms with E-state index < -0.39 is 10.0 Å². The molecule has 0 aliphatic heterocycles. The van der Waals surface area contributed by atoms with Gasteiger partial charge >= 0.3 is 0 Å². The summed E-state index contributed by atoms with van der Waals surface area (Å²) in [5, 5.41) is 6.88. The highest BCUT2D eigenvalue weighted by Crippen LogP contribution is 2.21. The summed E-state index contributed by atoms with van der Waals surface area (Å²) >= 11 is 0. The third-order valence-electron chi connectivity index (χ3n) is 3.35. The molecule has 3 rings (SSSR count). The van der Waals surface area contributed by atoms with Crippen LogP contribution in [0, 0.1) is 0 Å². The molecule has 112 valence electrons. The molecule has 0 spiro atoms. The van der Waals surface area contributed by atoms with E-state index in [2.05, 4.69) is 15.2 Å². The van der Waals surface area contributed by atoms with Crippen LogP contribution in [-0.2, 0) is 23.1 Å². The van der Waals surface area contributed by atoms with Crippen LogP contribution in [0.5, 0.6) is 0 Å². The summed E-state index contributed by atoms with van der Waals surface area (Å²) in [6.45, 7) is 0.650. The lowest BCUT2D eigenvalue weighted by Gasteiger charge is -2.11. The van der Waals surface area contributed by atoms with Gasteiger partial charge in [-0.2, -0.15) is 0 Å². The topological polar surface area (TPSA) is 84.2 Å². The first-order valence-corrected chi connectivity index (χ1v) is 8.34. The van der Waals surface area contributed by atoms with Crippen LogP contribution in [0.2, 0.25) is 0 Å². The Balaban J connectivity index is 1.73. The molecule has 1 aromatic heterocycles. The Labute approximate surface area is 123 Å². The summed E-state index contributed by atoms with van der Waals surface area (Å²) < 4.78 is 32.2. The number of aromatic nitrogens is 1. The van der Waals surface area contributed by atoms with Crippen LogP contribution in [-0.4, -0.2) is 19.6 Å². The van der Waals surface area contributed by atoms with Gasteiger partial charge in [0.2, 0.25) is 10.0 Å². The SMILES string of the molecule is O=S(=O)(NCc1ccno1)c1ccccc1CNC1CC1. The highest BCUT2D eigenvalue weighted by Gasteiger charge is 2.22. The Morgan fingerprint density at radius 1 is 1.19 bits per heavy atom. The van der Waals surface area contributed by atoms with Gasteiger partial charge in [-0.05, 0) is 24.5 Å². The lowest BCUT2D eigenvalue weighted by atomic mass is 10.2. The minimum atomic E-state index is -3.57. The van der Waals surface area contributed by atoms with Gasteiger partial charge in [0.1, 0.15) is 0 Å². The molecule has 0 atom stereocenters. The average Bonchev–Trinajstić information content (AvgIpc) is 3.17.